The Morgan fingerprint density at radius 1 is 1.30 bits per heavy atom. The fourth-order valence-corrected chi connectivity index (χ4v) is 2.93. The van der Waals surface area contributed by atoms with E-state index in [1.807, 2.05) is 6.07 Å². The van der Waals surface area contributed by atoms with Gasteiger partial charge in [-0.2, -0.15) is 10.4 Å². The van der Waals surface area contributed by atoms with Crippen LogP contribution in [0.2, 0.25) is 5.02 Å². The topological polar surface area (TPSA) is 118 Å². The summed E-state index contributed by atoms with van der Waals surface area (Å²) in [6.45, 7) is 0. The van der Waals surface area contributed by atoms with Gasteiger partial charge in [-0.3, -0.25) is 0 Å². The number of nitrogens with two attached hydrogens (primary N) is 1. The Labute approximate surface area is 157 Å². The fourth-order valence-electron chi connectivity index (χ4n) is 2.61. The predicted molar refractivity (Wildman–Crippen MR) is 98.3 cm³/mol. The standard InChI is InChI=1S/C17H10ClFN8/c18-12-4-10(21)3-9(5-20)16(12)27-7-11-15(26-27)13(19)6-23-17(11)25-14-1-2-22-8-24-14/h1-4,6-8H,21H2,(H,22,23,24,25). The Bertz CT molecular complexity index is 1200. The molecule has 27 heavy (non-hydrogen) atoms. The minimum Gasteiger partial charge on any atom is -0.399 e. The van der Waals surface area contributed by atoms with Crippen LogP contribution >= 0.6 is 11.6 Å². The van der Waals surface area contributed by atoms with Gasteiger partial charge in [0.05, 0.1) is 22.2 Å². The Morgan fingerprint density at radius 2 is 2.15 bits per heavy atom. The molecule has 0 unspecified atom stereocenters. The first-order valence-electron chi connectivity index (χ1n) is 7.63. The van der Waals surface area contributed by atoms with E-state index in [-0.39, 0.29) is 16.1 Å². The molecule has 132 valence electrons. The molecule has 0 aliphatic heterocycles. The summed E-state index contributed by atoms with van der Waals surface area (Å²) < 4.78 is 15.6. The van der Waals surface area contributed by atoms with Crippen LogP contribution in [0.5, 0.6) is 0 Å². The average Bonchev–Trinajstić information content (AvgIpc) is 3.10. The molecule has 4 rings (SSSR count). The zero-order chi connectivity index (χ0) is 19.0. The lowest BCUT2D eigenvalue weighted by Crippen LogP contribution is -2.01. The highest BCUT2D eigenvalue weighted by Crippen LogP contribution is 2.31. The molecule has 4 aromatic rings. The second-order valence-electron chi connectivity index (χ2n) is 5.52. The maximum atomic E-state index is 14.3. The number of rotatable bonds is 3. The van der Waals surface area contributed by atoms with Gasteiger partial charge < -0.3 is 11.1 Å². The van der Waals surface area contributed by atoms with Crippen LogP contribution in [0.1, 0.15) is 5.56 Å². The van der Waals surface area contributed by atoms with Crippen molar-refractivity contribution in [2.75, 3.05) is 11.1 Å². The molecule has 0 bridgehead atoms. The molecule has 0 radical (unpaired) electrons. The maximum Gasteiger partial charge on any atom is 0.169 e. The molecule has 0 amide bonds. The third-order valence-corrected chi connectivity index (χ3v) is 4.05. The molecule has 3 N–H and O–H groups in total. The minimum atomic E-state index is -0.609. The molecular weight excluding hydrogens is 371 g/mol. The lowest BCUT2D eigenvalue weighted by Gasteiger charge is -2.07. The highest BCUT2D eigenvalue weighted by molar-refractivity contribution is 6.33. The van der Waals surface area contributed by atoms with Crippen LogP contribution in [0.15, 0.2) is 43.1 Å². The summed E-state index contributed by atoms with van der Waals surface area (Å²) in [5.74, 6) is 0.227. The maximum absolute atomic E-state index is 14.3. The minimum absolute atomic E-state index is 0.0679. The molecule has 3 aromatic heterocycles. The van der Waals surface area contributed by atoms with E-state index in [1.54, 1.807) is 12.3 Å². The Balaban J connectivity index is 1.90. The molecule has 0 fully saturated rings. The number of aromatic nitrogens is 5. The highest BCUT2D eigenvalue weighted by Gasteiger charge is 2.17. The lowest BCUT2D eigenvalue weighted by atomic mass is 10.1. The molecule has 1 aromatic carbocycles. The van der Waals surface area contributed by atoms with Gasteiger partial charge in [-0.25, -0.2) is 24.0 Å². The molecule has 0 spiro atoms. The summed E-state index contributed by atoms with van der Waals surface area (Å²) >= 11 is 6.25. The molecule has 10 heteroatoms. The largest absolute Gasteiger partial charge is 0.399 e. The molecule has 0 aliphatic rings. The normalized spacial score (nSPS) is 10.7. The Hall–Kier alpha value is -3.77. The number of halogens is 2. The van der Waals surface area contributed by atoms with Gasteiger partial charge >= 0.3 is 0 Å². The van der Waals surface area contributed by atoms with Gasteiger partial charge in [0, 0.05) is 18.1 Å². The number of benzene rings is 1. The van der Waals surface area contributed by atoms with Crippen molar-refractivity contribution in [2.24, 2.45) is 0 Å². The van der Waals surface area contributed by atoms with E-state index in [0.717, 1.165) is 6.20 Å². The second kappa shape index (κ2) is 6.51. The summed E-state index contributed by atoms with van der Waals surface area (Å²) in [6, 6.07) is 6.64. The molecule has 0 saturated carbocycles. The number of nitrogens with zero attached hydrogens (tertiary/aromatic N) is 6. The third-order valence-electron chi connectivity index (χ3n) is 3.77. The summed E-state index contributed by atoms with van der Waals surface area (Å²) in [4.78, 5) is 12.0. The van der Waals surface area contributed by atoms with E-state index in [9.17, 15) is 9.65 Å². The van der Waals surface area contributed by atoms with Crippen molar-refractivity contribution in [1.29, 1.82) is 5.26 Å². The smallest absolute Gasteiger partial charge is 0.169 e. The van der Waals surface area contributed by atoms with Crippen LogP contribution in [0, 0.1) is 17.1 Å². The van der Waals surface area contributed by atoms with Crippen molar-refractivity contribution in [1.82, 2.24) is 24.7 Å². The summed E-state index contributed by atoms with van der Waals surface area (Å²) in [5.41, 5.74) is 6.66. The summed E-state index contributed by atoms with van der Waals surface area (Å²) in [6.07, 6.45) is 5.53. The zero-order valence-corrected chi connectivity index (χ0v) is 14.3. The van der Waals surface area contributed by atoms with Gasteiger partial charge in [-0.05, 0) is 18.2 Å². The first-order chi connectivity index (χ1) is 13.1. The first kappa shape index (κ1) is 16.7. The molecule has 3 heterocycles. The van der Waals surface area contributed by atoms with Crippen LogP contribution in [0.25, 0.3) is 16.6 Å². The van der Waals surface area contributed by atoms with E-state index in [0.29, 0.717) is 28.4 Å². The zero-order valence-electron chi connectivity index (χ0n) is 13.6. The van der Waals surface area contributed by atoms with Crippen molar-refractivity contribution in [2.45, 2.75) is 0 Å². The highest BCUT2D eigenvalue weighted by atomic mass is 35.5. The number of hydrogen-bond donors (Lipinski definition) is 2. The quantitative estimate of drug-likeness (QED) is 0.524. The van der Waals surface area contributed by atoms with Gasteiger partial charge in [0.2, 0.25) is 0 Å². The van der Waals surface area contributed by atoms with Gasteiger partial charge in [0.15, 0.2) is 5.82 Å². The van der Waals surface area contributed by atoms with Gasteiger partial charge in [-0.1, -0.05) is 11.6 Å². The van der Waals surface area contributed by atoms with E-state index < -0.39 is 5.82 Å². The van der Waals surface area contributed by atoms with Crippen LogP contribution in [0.3, 0.4) is 0 Å². The molecule has 0 aliphatic carbocycles. The summed E-state index contributed by atoms with van der Waals surface area (Å²) in [5, 5.41) is 17.2. The lowest BCUT2D eigenvalue weighted by molar-refractivity contribution is 0.629. The second-order valence-corrected chi connectivity index (χ2v) is 5.93. The number of pyridine rings is 1. The third kappa shape index (κ3) is 2.98. The number of hydrogen-bond acceptors (Lipinski definition) is 7. The fraction of sp³-hybridized carbons (Fsp3) is 0. The molecule has 8 nitrogen and oxygen atoms in total. The molecule has 0 saturated heterocycles. The van der Waals surface area contributed by atoms with Crippen LogP contribution < -0.4 is 11.1 Å². The SMILES string of the molecule is N#Cc1cc(N)cc(Cl)c1-n1cc2c(Nc3ccncn3)ncc(F)c2n1. The summed E-state index contributed by atoms with van der Waals surface area (Å²) in [7, 11) is 0. The van der Waals surface area contributed by atoms with E-state index in [1.165, 1.54) is 29.3 Å². The number of fused-ring (bicyclic) bond motifs is 1. The molecular formula is C17H10ClFN8. The number of nitriles is 1. The first-order valence-corrected chi connectivity index (χ1v) is 8.01. The Kier molecular flexibility index (Phi) is 4.02. The van der Waals surface area contributed by atoms with Gasteiger partial charge in [0.1, 0.15) is 35.2 Å². The van der Waals surface area contributed by atoms with Crippen LogP contribution in [-0.2, 0) is 0 Å². The average molecular weight is 381 g/mol. The predicted octanol–water partition coefficient (Wildman–Crippen LogP) is 3.20. The van der Waals surface area contributed by atoms with E-state index in [4.69, 9.17) is 17.3 Å². The van der Waals surface area contributed by atoms with Crippen molar-refractivity contribution in [3.63, 3.8) is 0 Å². The van der Waals surface area contributed by atoms with E-state index >= 15 is 0 Å². The van der Waals surface area contributed by atoms with Gasteiger partial charge in [0.25, 0.3) is 0 Å². The van der Waals surface area contributed by atoms with Crippen molar-refractivity contribution in [3.8, 4) is 11.8 Å². The van der Waals surface area contributed by atoms with Crippen molar-refractivity contribution in [3.05, 3.63) is 59.5 Å². The van der Waals surface area contributed by atoms with E-state index in [2.05, 4.69) is 25.4 Å². The van der Waals surface area contributed by atoms with Crippen LogP contribution in [-0.4, -0.2) is 24.7 Å². The van der Waals surface area contributed by atoms with Crippen LogP contribution in [0.4, 0.5) is 21.7 Å². The number of nitrogen functional groups attached to an aromatic ring is 1. The van der Waals surface area contributed by atoms with Crippen molar-refractivity contribution >= 4 is 39.8 Å². The number of nitrogens with one attached hydrogen (secondary N) is 1. The number of anilines is 3. The monoisotopic (exact) mass is 380 g/mol. The van der Waals surface area contributed by atoms with Crippen molar-refractivity contribution < 1.29 is 4.39 Å². The van der Waals surface area contributed by atoms with Gasteiger partial charge in [-0.15, -0.1) is 0 Å². The Morgan fingerprint density at radius 3 is 2.89 bits per heavy atom. The molecule has 0 atom stereocenters.